The summed E-state index contributed by atoms with van der Waals surface area (Å²) in [7, 11) is 0. The van der Waals surface area contributed by atoms with Crippen molar-refractivity contribution < 1.29 is 4.52 Å². The van der Waals surface area contributed by atoms with Gasteiger partial charge in [0.2, 0.25) is 11.7 Å². The fourth-order valence-corrected chi connectivity index (χ4v) is 2.80. The number of hydrogen-bond donors (Lipinski definition) is 1. The molecule has 20 heavy (non-hydrogen) atoms. The molecule has 0 amide bonds. The van der Waals surface area contributed by atoms with Crippen molar-refractivity contribution in [2.45, 2.75) is 39.7 Å². The van der Waals surface area contributed by atoms with Gasteiger partial charge in [0, 0.05) is 5.56 Å². The summed E-state index contributed by atoms with van der Waals surface area (Å²) in [6, 6.07) is 8.33. The lowest BCUT2D eigenvalue weighted by atomic mass is 9.77. The predicted molar refractivity (Wildman–Crippen MR) is 78.2 cm³/mol. The van der Waals surface area contributed by atoms with Crippen LogP contribution in [0.1, 0.15) is 44.2 Å². The van der Waals surface area contributed by atoms with E-state index >= 15 is 0 Å². The second kappa shape index (κ2) is 5.02. The molecule has 1 aromatic heterocycles. The van der Waals surface area contributed by atoms with Crippen molar-refractivity contribution in [3.63, 3.8) is 0 Å². The SMILES string of the molecule is Cc1ccc(-c2noc(C3NCCCC3(C)C)n2)cc1. The largest absolute Gasteiger partial charge is 0.337 e. The van der Waals surface area contributed by atoms with E-state index in [-0.39, 0.29) is 11.5 Å². The molecular formula is C16H21N3O. The van der Waals surface area contributed by atoms with Crippen molar-refractivity contribution in [1.29, 1.82) is 0 Å². The van der Waals surface area contributed by atoms with Gasteiger partial charge in [0.15, 0.2) is 0 Å². The Bertz CT molecular complexity index is 586. The Labute approximate surface area is 119 Å². The van der Waals surface area contributed by atoms with Crippen LogP contribution < -0.4 is 5.32 Å². The molecule has 2 heterocycles. The third-order valence-electron chi connectivity index (χ3n) is 4.13. The molecule has 0 aliphatic carbocycles. The van der Waals surface area contributed by atoms with Gasteiger partial charge in [-0.25, -0.2) is 0 Å². The number of nitrogens with zero attached hydrogens (tertiary/aromatic N) is 2. The molecule has 1 N–H and O–H groups in total. The predicted octanol–water partition coefficient (Wildman–Crippen LogP) is 3.50. The van der Waals surface area contributed by atoms with E-state index in [1.165, 1.54) is 18.4 Å². The van der Waals surface area contributed by atoms with Gasteiger partial charge in [-0.2, -0.15) is 4.98 Å². The lowest BCUT2D eigenvalue weighted by molar-refractivity contribution is 0.146. The van der Waals surface area contributed by atoms with E-state index in [1.54, 1.807) is 0 Å². The first-order valence-corrected chi connectivity index (χ1v) is 7.20. The highest BCUT2D eigenvalue weighted by Crippen LogP contribution is 2.39. The van der Waals surface area contributed by atoms with E-state index in [0.29, 0.717) is 11.7 Å². The molecule has 0 spiro atoms. The first kappa shape index (κ1) is 13.3. The van der Waals surface area contributed by atoms with E-state index in [4.69, 9.17) is 4.52 Å². The zero-order chi connectivity index (χ0) is 14.2. The van der Waals surface area contributed by atoms with Crippen molar-refractivity contribution in [3.05, 3.63) is 35.7 Å². The van der Waals surface area contributed by atoms with Gasteiger partial charge >= 0.3 is 0 Å². The van der Waals surface area contributed by atoms with Crippen LogP contribution in [0.3, 0.4) is 0 Å². The minimum Gasteiger partial charge on any atom is -0.337 e. The van der Waals surface area contributed by atoms with Crippen LogP contribution >= 0.6 is 0 Å². The molecule has 3 rings (SSSR count). The number of benzene rings is 1. The van der Waals surface area contributed by atoms with E-state index in [2.05, 4.69) is 48.4 Å². The first-order valence-electron chi connectivity index (χ1n) is 7.20. The van der Waals surface area contributed by atoms with Gasteiger partial charge in [-0.3, -0.25) is 0 Å². The van der Waals surface area contributed by atoms with Crippen molar-refractivity contribution in [2.75, 3.05) is 6.54 Å². The van der Waals surface area contributed by atoms with Crippen LogP contribution in [0.25, 0.3) is 11.4 Å². The minimum atomic E-state index is 0.142. The minimum absolute atomic E-state index is 0.142. The van der Waals surface area contributed by atoms with Gasteiger partial charge in [0.1, 0.15) is 0 Å². The summed E-state index contributed by atoms with van der Waals surface area (Å²) in [5.41, 5.74) is 2.38. The van der Waals surface area contributed by atoms with Crippen LogP contribution in [0.4, 0.5) is 0 Å². The molecule has 1 aromatic carbocycles. The first-order chi connectivity index (χ1) is 9.56. The third kappa shape index (κ3) is 2.48. The Morgan fingerprint density at radius 1 is 1.25 bits per heavy atom. The van der Waals surface area contributed by atoms with Crippen molar-refractivity contribution in [1.82, 2.24) is 15.5 Å². The fourth-order valence-electron chi connectivity index (χ4n) is 2.80. The number of nitrogens with one attached hydrogen (secondary N) is 1. The average molecular weight is 271 g/mol. The van der Waals surface area contributed by atoms with Crippen LogP contribution in [0.2, 0.25) is 0 Å². The summed E-state index contributed by atoms with van der Waals surface area (Å²) in [6.45, 7) is 7.58. The topological polar surface area (TPSA) is 51.0 Å². The zero-order valence-electron chi connectivity index (χ0n) is 12.3. The fraction of sp³-hybridized carbons (Fsp3) is 0.500. The third-order valence-corrected chi connectivity index (χ3v) is 4.13. The number of rotatable bonds is 2. The highest BCUT2D eigenvalue weighted by atomic mass is 16.5. The van der Waals surface area contributed by atoms with Crippen molar-refractivity contribution in [2.24, 2.45) is 5.41 Å². The van der Waals surface area contributed by atoms with Crippen molar-refractivity contribution in [3.8, 4) is 11.4 Å². The Hall–Kier alpha value is -1.68. The molecule has 1 saturated heterocycles. The normalized spacial score (nSPS) is 21.9. The van der Waals surface area contributed by atoms with Crippen LogP contribution in [0.5, 0.6) is 0 Å². The van der Waals surface area contributed by atoms with Crippen molar-refractivity contribution >= 4 is 0 Å². The molecule has 106 valence electrons. The summed E-state index contributed by atoms with van der Waals surface area (Å²) in [5.74, 6) is 1.37. The summed E-state index contributed by atoms with van der Waals surface area (Å²) < 4.78 is 5.50. The van der Waals surface area contributed by atoms with Crippen LogP contribution in [-0.2, 0) is 0 Å². The van der Waals surface area contributed by atoms with Gasteiger partial charge in [-0.15, -0.1) is 0 Å². The molecule has 1 aliphatic heterocycles. The average Bonchev–Trinajstić information content (AvgIpc) is 2.88. The maximum atomic E-state index is 5.50. The lowest BCUT2D eigenvalue weighted by Gasteiger charge is -2.36. The highest BCUT2D eigenvalue weighted by Gasteiger charge is 2.36. The van der Waals surface area contributed by atoms with E-state index in [9.17, 15) is 0 Å². The molecule has 1 unspecified atom stereocenters. The Morgan fingerprint density at radius 2 is 2.00 bits per heavy atom. The Balaban J connectivity index is 1.88. The number of piperidine rings is 1. The second-order valence-corrected chi connectivity index (χ2v) is 6.30. The van der Waals surface area contributed by atoms with Gasteiger partial charge in [0.25, 0.3) is 0 Å². The number of hydrogen-bond acceptors (Lipinski definition) is 4. The van der Waals surface area contributed by atoms with E-state index in [1.807, 2.05) is 12.1 Å². The summed E-state index contributed by atoms with van der Waals surface area (Å²) in [5, 5.41) is 7.63. The smallest absolute Gasteiger partial charge is 0.244 e. The van der Waals surface area contributed by atoms with Crippen LogP contribution in [0.15, 0.2) is 28.8 Å². The summed E-state index contributed by atoms with van der Waals surface area (Å²) in [6.07, 6.45) is 2.37. The maximum absolute atomic E-state index is 5.50. The summed E-state index contributed by atoms with van der Waals surface area (Å²) >= 11 is 0. The molecule has 1 atom stereocenters. The molecule has 1 aliphatic rings. The monoisotopic (exact) mass is 271 g/mol. The quantitative estimate of drug-likeness (QED) is 0.908. The Kier molecular flexibility index (Phi) is 3.34. The summed E-state index contributed by atoms with van der Waals surface area (Å²) in [4.78, 5) is 4.59. The van der Waals surface area contributed by atoms with Crippen LogP contribution in [-0.4, -0.2) is 16.7 Å². The van der Waals surface area contributed by atoms with E-state index < -0.39 is 0 Å². The second-order valence-electron chi connectivity index (χ2n) is 6.30. The van der Waals surface area contributed by atoms with Gasteiger partial charge in [-0.05, 0) is 31.7 Å². The lowest BCUT2D eigenvalue weighted by Crippen LogP contribution is -2.39. The van der Waals surface area contributed by atoms with Gasteiger partial charge in [0.05, 0.1) is 6.04 Å². The molecule has 1 fully saturated rings. The Morgan fingerprint density at radius 3 is 2.70 bits per heavy atom. The number of aromatic nitrogens is 2. The van der Waals surface area contributed by atoms with Gasteiger partial charge < -0.3 is 9.84 Å². The molecule has 0 saturated carbocycles. The zero-order valence-corrected chi connectivity index (χ0v) is 12.3. The molecule has 0 radical (unpaired) electrons. The highest BCUT2D eigenvalue weighted by molar-refractivity contribution is 5.54. The molecule has 4 nitrogen and oxygen atoms in total. The number of aryl methyl sites for hydroxylation is 1. The molecule has 2 aromatic rings. The van der Waals surface area contributed by atoms with Gasteiger partial charge in [-0.1, -0.05) is 48.8 Å². The van der Waals surface area contributed by atoms with E-state index in [0.717, 1.165) is 12.1 Å². The molecule has 0 bridgehead atoms. The van der Waals surface area contributed by atoms with Crippen LogP contribution in [0, 0.1) is 12.3 Å². The standard InChI is InChI=1S/C16H21N3O/c1-11-5-7-12(8-6-11)14-18-15(20-19-14)13-16(2,3)9-4-10-17-13/h5-8,13,17H,4,9-10H2,1-3H3. The molecule has 4 heteroatoms. The molecular weight excluding hydrogens is 250 g/mol. The maximum Gasteiger partial charge on any atom is 0.244 e.